The van der Waals surface area contributed by atoms with Gasteiger partial charge in [0.25, 0.3) is 0 Å². The highest BCUT2D eigenvalue weighted by molar-refractivity contribution is 14.0. The smallest absolute Gasteiger partial charge is 0.195 e. The molecule has 0 atom stereocenters. The van der Waals surface area contributed by atoms with E-state index in [1.54, 1.807) is 0 Å². The summed E-state index contributed by atoms with van der Waals surface area (Å²) in [6.45, 7) is 0.808. The third-order valence-electron chi connectivity index (χ3n) is 3.62. The molecule has 1 aromatic rings. The van der Waals surface area contributed by atoms with E-state index in [4.69, 9.17) is 16.6 Å². The van der Waals surface area contributed by atoms with Gasteiger partial charge >= 0.3 is 0 Å². The third-order valence-corrected chi connectivity index (χ3v) is 3.95. The molecular weight excluding hydrogens is 385 g/mol. The van der Waals surface area contributed by atoms with Gasteiger partial charge in [0, 0.05) is 38.6 Å². The molecule has 0 spiro atoms. The van der Waals surface area contributed by atoms with Crippen LogP contribution in [-0.2, 0) is 5.41 Å². The lowest BCUT2D eigenvalue weighted by atomic mass is 9.96. The largest absolute Gasteiger partial charge is 0.349 e. The molecule has 1 saturated carbocycles. The Hall–Kier alpha value is -0.490. The summed E-state index contributed by atoms with van der Waals surface area (Å²) in [5.74, 6) is 0.998. The number of nitrogens with zero attached hydrogens (tertiary/aromatic N) is 3. The fraction of sp³-hybridized carbons (Fsp3) is 0.533. The highest BCUT2D eigenvalue weighted by Gasteiger charge is 2.45. The molecule has 0 N–H and O–H groups in total. The third kappa shape index (κ3) is 3.79. The first-order valence-corrected chi connectivity index (χ1v) is 6.98. The zero-order valence-electron chi connectivity index (χ0n) is 12.6. The molecule has 1 aromatic carbocycles. The topological polar surface area (TPSA) is 18.8 Å². The van der Waals surface area contributed by atoms with Crippen LogP contribution in [0.2, 0.25) is 5.02 Å². The minimum Gasteiger partial charge on any atom is -0.349 e. The molecule has 1 aliphatic carbocycles. The van der Waals surface area contributed by atoms with E-state index in [-0.39, 0.29) is 29.4 Å². The lowest BCUT2D eigenvalue weighted by Gasteiger charge is -2.24. The minimum absolute atomic E-state index is 0. The first-order valence-electron chi connectivity index (χ1n) is 6.60. The number of guanidine groups is 1. The fourth-order valence-corrected chi connectivity index (χ4v) is 2.80. The van der Waals surface area contributed by atoms with E-state index < -0.39 is 0 Å². The van der Waals surface area contributed by atoms with E-state index in [1.165, 1.54) is 18.4 Å². The number of hydrogen-bond acceptors (Lipinski definition) is 1. The van der Waals surface area contributed by atoms with Gasteiger partial charge in [-0.25, -0.2) is 0 Å². The van der Waals surface area contributed by atoms with E-state index in [2.05, 4.69) is 12.1 Å². The maximum absolute atomic E-state index is 6.32. The van der Waals surface area contributed by atoms with E-state index in [9.17, 15) is 0 Å². The predicted molar refractivity (Wildman–Crippen MR) is 97.5 cm³/mol. The minimum atomic E-state index is 0. The van der Waals surface area contributed by atoms with Gasteiger partial charge in [-0.05, 0) is 24.5 Å². The Morgan fingerprint density at radius 3 is 2.15 bits per heavy atom. The Labute approximate surface area is 144 Å². The second-order valence-electron chi connectivity index (χ2n) is 5.67. The molecule has 1 fully saturated rings. The van der Waals surface area contributed by atoms with Gasteiger partial charge in [0.15, 0.2) is 5.96 Å². The molecule has 0 radical (unpaired) electrons. The summed E-state index contributed by atoms with van der Waals surface area (Å²) in [6.07, 6.45) is 2.35. The molecule has 0 bridgehead atoms. The van der Waals surface area contributed by atoms with Gasteiger partial charge in [0.1, 0.15) is 0 Å². The Morgan fingerprint density at radius 2 is 1.70 bits per heavy atom. The summed E-state index contributed by atoms with van der Waals surface area (Å²) in [7, 11) is 8.09. The van der Waals surface area contributed by atoms with Gasteiger partial charge in [-0.2, -0.15) is 0 Å². The Morgan fingerprint density at radius 1 is 1.15 bits per heavy atom. The summed E-state index contributed by atoms with van der Waals surface area (Å²) in [4.78, 5) is 8.87. The van der Waals surface area contributed by atoms with Crippen molar-refractivity contribution in [2.24, 2.45) is 4.99 Å². The Bertz CT molecular complexity index is 472. The van der Waals surface area contributed by atoms with Gasteiger partial charge in [-0.1, -0.05) is 29.8 Å². The maximum Gasteiger partial charge on any atom is 0.195 e. The summed E-state index contributed by atoms with van der Waals surface area (Å²) >= 11 is 6.32. The molecule has 1 aliphatic rings. The summed E-state index contributed by atoms with van der Waals surface area (Å²) in [5.41, 5.74) is 1.41. The first-order chi connectivity index (χ1) is 8.96. The second kappa shape index (κ2) is 6.98. The van der Waals surface area contributed by atoms with E-state index in [0.717, 1.165) is 17.5 Å². The van der Waals surface area contributed by atoms with Crippen LogP contribution >= 0.6 is 35.6 Å². The van der Waals surface area contributed by atoms with Crippen LogP contribution in [0, 0.1) is 0 Å². The van der Waals surface area contributed by atoms with Crippen LogP contribution < -0.4 is 0 Å². The zero-order valence-corrected chi connectivity index (χ0v) is 15.6. The van der Waals surface area contributed by atoms with Gasteiger partial charge in [-0.15, -0.1) is 24.0 Å². The first kappa shape index (κ1) is 17.6. The zero-order chi connectivity index (χ0) is 14.0. The van der Waals surface area contributed by atoms with E-state index >= 15 is 0 Å². The maximum atomic E-state index is 6.32. The number of aliphatic imine (C=N–C) groups is 1. The van der Waals surface area contributed by atoms with Crippen molar-refractivity contribution in [3.63, 3.8) is 0 Å². The molecule has 0 saturated heterocycles. The SMILES string of the molecule is CN(C)C(=NCC1(c2ccccc2Cl)CC1)N(C)C.I. The summed E-state index contributed by atoms with van der Waals surface area (Å²) in [6, 6.07) is 8.15. The van der Waals surface area contributed by atoms with E-state index in [1.807, 2.05) is 50.1 Å². The molecular formula is C15H23ClIN3. The second-order valence-corrected chi connectivity index (χ2v) is 6.07. The van der Waals surface area contributed by atoms with Crippen molar-refractivity contribution in [3.05, 3.63) is 34.9 Å². The molecule has 112 valence electrons. The standard InChI is InChI=1S/C15H22ClN3.HI/c1-18(2)14(19(3)4)17-11-15(9-10-15)12-7-5-6-8-13(12)16;/h5-8H,9-11H2,1-4H3;1H. The van der Waals surface area contributed by atoms with Gasteiger partial charge in [0.05, 0.1) is 6.54 Å². The molecule has 5 heteroatoms. The van der Waals surface area contributed by atoms with Crippen molar-refractivity contribution < 1.29 is 0 Å². The van der Waals surface area contributed by atoms with Crippen molar-refractivity contribution in [1.82, 2.24) is 9.80 Å². The monoisotopic (exact) mass is 407 g/mol. The molecule has 0 heterocycles. The van der Waals surface area contributed by atoms with Crippen molar-refractivity contribution in [2.75, 3.05) is 34.7 Å². The average molecular weight is 408 g/mol. The van der Waals surface area contributed by atoms with Crippen molar-refractivity contribution in [1.29, 1.82) is 0 Å². The van der Waals surface area contributed by atoms with Crippen LogP contribution in [0.3, 0.4) is 0 Å². The Kier molecular flexibility index (Phi) is 6.13. The lowest BCUT2D eigenvalue weighted by Crippen LogP contribution is -2.36. The van der Waals surface area contributed by atoms with Gasteiger partial charge in [0.2, 0.25) is 0 Å². The summed E-state index contributed by atoms with van der Waals surface area (Å²) in [5, 5.41) is 0.867. The lowest BCUT2D eigenvalue weighted by molar-refractivity contribution is 0.476. The van der Waals surface area contributed by atoms with Gasteiger partial charge < -0.3 is 9.80 Å². The average Bonchev–Trinajstić information content (AvgIpc) is 3.10. The molecule has 0 aliphatic heterocycles. The number of halogens is 2. The number of hydrogen-bond donors (Lipinski definition) is 0. The molecule has 2 rings (SSSR count). The molecule has 0 unspecified atom stereocenters. The summed E-state index contributed by atoms with van der Waals surface area (Å²) < 4.78 is 0. The van der Waals surface area contributed by atoms with Crippen LogP contribution in [0.4, 0.5) is 0 Å². The van der Waals surface area contributed by atoms with Crippen LogP contribution in [0.25, 0.3) is 0 Å². The van der Waals surface area contributed by atoms with Crippen LogP contribution in [-0.4, -0.2) is 50.5 Å². The molecule has 0 amide bonds. The highest BCUT2D eigenvalue weighted by Crippen LogP contribution is 2.50. The number of rotatable bonds is 3. The molecule has 20 heavy (non-hydrogen) atoms. The van der Waals surface area contributed by atoms with E-state index in [0.29, 0.717) is 0 Å². The number of benzene rings is 1. The van der Waals surface area contributed by atoms with Crippen molar-refractivity contribution >= 4 is 41.5 Å². The van der Waals surface area contributed by atoms with Crippen LogP contribution in [0.15, 0.2) is 29.3 Å². The molecule has 3 nitrogen and oxygen atoms in total. The predicted octanol–water partition coefficient (Wildman–Crippen LogP) is 3.47. The van der Waals surface area contributed by atoms with Gasteiger partial charge in [-0.3, -0.25) is 4.99 Å². The quantitative estimate of drug-likeness (QED) is 0.434. The van der Waals surface area contributed by atoms with Crippen molar-refractivity contribution in [3.8, 4) is 0 Å². The normalized spacial score (nSPS) is 15.1. The van der Waals surface area contributed by atoms with Crippen molar-refractivity contribution in [2.45, 2.75) is 18.3 Å². The Balaban J connectivity index is 0.00000200. The van der Waals surface area contributed by atoms with Crippen LogP contribution in [0.1, 0.15) is 18.4 Å². The molecule has 0 aromatic heterocycles. The van der Waals surface area contributed by atoms with Crippen LogP contribution in [0.5, 0.6) is 0 Å². The highest BCUT2D eigenvalue weighted by atomic mass is 127. The fourth-order valence-electron chi connectivity index (χ4n) is 2.46.